The third-order valence-electron chi connectivity index (χ3n) is 2.43. The maximum absolute atomic E-state index is 12.2. The van der Waals surface area contributed by atoms with Crippen LogP contribution in [0, 0.1) is 10.5 Å². The summed E-state index contributed by atoms with van der Waals surface area (Å²) >= 11 is 2.83. The zero-order valence-corrected chi connectivity index (χ0v) is 14.0. The van der Waals surface area contributed by atoms with Crippen molar-refractivity contribution in [1.29, 1.82) is 0 Å². The lowest BCUT2D eigenvalue weighted by Crippen LogP contribution is -2.11. The van der Waals surface area contributed by atoms with E-state index in [0.29, 0.717) is 11.3 Å². The highest BCUT2D eigenvalue weighted by atomic mass is 127. The third kappa shape index (κ3) is 3.30. The second kappa shape index (κ2) is 5.70. The summed E-state index contributed by atoms with van der Waals surface area (Å²) in [5.74, 6) is -1.12. The van der Waals surface area contributed by atoms with Gasteiger partial charge in [0, 0.05) is 9.26 Å². The van der Waals surface area contributed by atoms with E-state index in [-0.39, 0.29) is 9.09 Å². The van der Waals surface area contributed by atoms with Crippen molar-refractivity contribution in [2.45, 2.75) is 11.1 Å². The van der Waals surface area contributed by atoms with Gasteiger partial charge in [-0.15, -0.1) is 11.3 Å². The third-order valence-corrected chi connectivity index (χ3v) is 6.18. The molecule has 0 saturated heterocycles. The van der Waals surface area contributed by atoms with Crippen LogP contribution >= 0.6 is 33.9 Å². The topological polar surface area (TPSA) is 83.5 Å². The Morgan fingerprint density at radius 2 is 2.05 bits per heavy atom. The van der Waals surface area contributed by atoms with Crippen LogP contribution in [-0.4, -0.2) is 19.5 Å². The van der Waals surface area contributed by atoms with E-state index in [9.17, 15) is 13.2 Å². The minimum atomic E-state index is -3.76. The lowest BCUT2D eigenvalue weighted by Gasteiger charge is -2.06. The summed E-state index contributed by atoms with van der Waals surface area (Å²) in [5, 5.41) is 8.97. The molecule has 2 rings (SSSR count). The quantitative estimate of drug-likeness (QED) is 0.741. The number of nitrogens with one attached hydrogen (secondary N) is 1. The van der Waals surface area contributed by atoms with E-state index < -0.39 is 16.0 Å². The lowest BCUT2D eigenvalue weighted by atomic mass is 10.3. The molecule has 1 aromatic heterocycles. The summed E-state index contributed by atoms with van der Waals surface area (Å²) in [4.78, 5) is 11.0. The Kier molecular flexibility index (Phi) is 4.35. The first-order valence-corrected chi connectivity index (χ1v) is 8.79. The van der Waals surface area contributed by atoms with Gasteiger partial charge in [0.15, 0.2) is 0 Å². The molecular formula is C12H10INO4S2. The predicted molar refractivity (Wildman–Crippen MR) is 86.0 cm³/mol. The molecule has 106 valence electrons. The number of carboxylic acid groups (broad SMARTS) is 1. The van der Waals surface area contributed by atoms with Crippen LogP contribution in [0.2, 0.25) is 0 Å². The maximum atomic E-state index is 12.2. The molecule has 0 saturated carbocycles. The fourth-order valence-electron chi connectivity index (χ4n) is 1.56. The molecule has 5 nitrogen and oxygen atoms in total. The highest BCUT2D eigenvalue weighted by Gasteiger charge is 2.21. The number of hydrogen-bond acceptors (Lipinski definition) is 4. The van der Waals surface area contributed by atoms with Gasteiger partial charge >= 0.3 is 5.97 Å². The molecule has 8 heteroatoms. The molecule has 0 fully saturated rings. The van der Waals surface area contributed by atoms with E-state index in [4.69, 9.17) is 5.11 Å². The van der Waals surface area contributed by atoms with Gasteiger partial charge in [-0.3, -0.25) is 4.72 Å². The number of benzene rings is 1. The normalized spacial score (nSPS) is 11.3. The smallest absolute Gasteiger partial charge is 0.346 e. The summed E-state index contributed by atoms with van der Waals surface area (Å²) in [6.07, 6.45) is 0. The van der Waals surface area contributed by atoms with Crippen LogP contribution in [0.5, 0.6) is 0 Å². The van der Waals surface area contributed by atoms with Crippen molar-refractivity contribution in [2.75, 3.05) is 4.72 Å². The van der Waals surface area contributed by atoms with Crippen molar-refractivity contribution < 1.29 is 18.3 Å². The number of anilines is 1. The number of carbonyl (C=O) groups is 1. The fourth-order valence-corrected chi connectivity index (χ4v) is 4.53. The van der Waals surface area contributed by atoms with Gasteiger partial charge in [0.05, 0.1) is 0 Å². The molecule has 0 unspecified atom stereocenters. The first-order valence-electron chi connectivity index (χ1n) is 5.42. The van der Waals surface area contributed by atoms with Crippen LogP contribution in [0.25, 0.3) is 0 Å². The monoisotopic (exact) mass is 423 g/mol. The van der Waals surface area contributed by atoms with Crippen LogP contribution < -0.4 is 4.72 Å². The number of halogens is 1. The molecular weight excluding hydrogens is 413 g/mol. The Bertz CT molecular complexity index is 768. The van der Waals surface area contributed by atoms with Crippen molar-refractivity contribution in [1.82, 2.24) is 0 Å². The Morgan fingerprint density at radius 3 is 2.60 bits per heavy atom. The van der Waals surface area contributed by atoms with E-state index in [2.05, 4.69) is 27.3 Å². The number of aryl methyl sites for hydroxylation is 1. The Balaban J connectivity index is 2.36. The zero-order valence-electron chi connectivity index (χ0n) is 10.3. The van der Waals surface area contributed by atoms with E-state index in [1.807, 2.05) is 6.07 Å². The molecule has 1 heterocycles. The number of carboxylic acids is 1. The molecule has 0 bridgehead atoms. The van der Waals surface area contributed by atoms with Crippen molar-refractivity contribution in [3.05, 3.63) is 44.3 Å². The average molecular weight is 423 g/mol. The van der Waals surface area contributed by atoms with Gasteiger partial charge in [-0.1, -0.05) is 6.07 Å². The molecule has 0 aliphatic heterocycles. The largest absolute Gasteiger partial charge is 0.477 e. The van der Waals surface area contributed by atoms with Crippen LogP contribution in [-0.2, 0) is 10.0 Å². The lowest BCUT2D eigenvalue weighted by molar-refractivity contribution is 0.0701. The van der Waals surface area contributed by atoms with Crippen molar-refractivity contribution in [3.63, 3.8) is 0 Å². The Labute approximate surface area is 133 Å². The van der Waals surface area contributed by atoms with Gasteiger partial charge in [0.2, 0.25) is 0 Å². The highest BCUT2D eigenvalue weighted by molar-refractivity contribution is 14.1. The molecule has 2 N–H and O–H groups in total. The van der Waals surface area contributed by atoms with Crippen molar-refractivity contribution in [3.8, 4) is 0 Å². The summed E-state index contributed by atoms with van der Waals surface area (Å²) < 4.78 is 27.7. The summed E-state index contributed by atoms with van der Waals surface area (Å²) in [6.45, 7) is 1.57. The van der Waals surface area contributed by atoms with E-state index >= 15 is 0 Å². The fraction of sp³-hybridized carbons (Fsp3) is 0.0833. The predicted octanol–water partition coefficient (Wildman–Crippen LogP) is 3.16. The first kappa shape index (κ1) is 15.3. The summed E-state index contributed by atoms with van der Waals surface area (Å²) in [5.41, 5.74) is 0.880. The molecule has 0 spiro atoms. The molecule has 0 radical (unpaired) electrons. The Morgan fingerprint density at radius 1 is 1.35 bits per heavy atom. The van der Waals surface area contributed by atoms with Gasteiger partial charge in [-0.05, 0) is 59.3 Å². The molecule has 0 aliphatic carbocycles. The van der Waals surface area contributed by atoms with Gasteiger partial charge < -0.3 is 5.11 Å². The average Bonchev–Trinajstić information content (AvgIpc) is 2.71. The minimum absolute atomic E-state index is 0.00809. The van der Waals surface area contributed by atoms with Crippen molar-refractivity contribution >= 4 is 55.6 Å². The van der Waals surface area contributed by atoms with Crippen LogP contribution in [0.15, 0.2) is 34.5 Å². The van der Waals surface area contributed by atoms with Gasteiger partial charge in [0.1, 0.15) is 9.09 Å². The molecule has 0 atom stereocenters. The van der Waals surface area contributed by atoms with Gasteiger partial charge in [0.25, 0.3) is 10.0 Å². The van der Waals surface area contributed by atoms with E-state index in [1.165, 1.54) is 6.07 Å². The van der Waals surface area contributed by atoms with E-state index in [0.717, 1.165) is 14.9 Å². The highest BCUT2D eigenvalue weighted by Crippen LogP contribution is 2.27. The standard InChI is InChI=1S/C12H10INO4S2/c1-7-5-10(19-11(7)12(15)16)20(17,18)14-9-4-2-3-8(13)6-9/h2-6,14H,1H3,(H,15,16). The zero-order chi connectivity index (χ0) is 14.9. The van der Waals surface area contributed by atoms with E-state index in [1.54, 1.807) is 25.1 Å². The maximum Gasteiger partial charge on any atom is 0.346 e. The first-order chi connectivity index (χ1) is 9.29. The SMILES string of the molecule is Cc1cc(S(=O)(=O)Nc2cccc(I)c2)sc1C(=O)O. The van der Waals surface area contributed by atoms with Gasteiger partial charge in [-0.25, -0.2) is 13.2 Å². The van der Waals surface area contributed by atoms with Crippen LogP contribution in [0.1, 0.15) is 15.2 Å². The van der Waals surface area contributed by atoms with Crippen molar-refractivity contribution in [2.24, 2.45) is 0 Å². The second-order valence-electron chi connectivity index (χ2n) is 4.00. The second-order valence-corrected chi connectivity index (χ2v) is 8.21. The summed E-state index contributed by atoms with van der Waals surface area (Å²) in [6, 6.07) is 8.28. The Hall–Kier alpha value is -1.13. The molecule has 0 aliphatic rings. The molecule has 0 amide bonds. The number of thiophene rings is 1. The number of hydrogen-bond donors (Lipinski definition) is 2. The van der Waals surface area contributed by atoms with Gasteiger partial charge in [-0.2, -0.15) is 0 Å². The number of rotatable bonds is 4. The number of sulfonamides is 1. The molecule has 20 heavy (non-hydrogen) atoms. The number of aromatic carboxylic acids is 1. The molecule has 1 aromatic carbocycles. The van der Waals surface area contributed by atoms with Crippen LogP contribution in [0.3, 0.4) is 0 Å². The van der Waals surface area contributed by atoms with Crippen LogP contribution in [0.4, 0.5) is 5.69 Å². The minimum Gasteiger partial charge on any atom is -0.477 e. The summed E-state index contributed by atoms with van der Waals surface area (Å²) in [7, 11) is -3.76. The molecule has 2 aromatic rings.